The molecule has 3 nitrogen and oxygen atoms in total. The van der Waals surface area contributed by atoms with E-state index >= 15 is 0 Å². The minimum absolute atomic E-state index is 0.147. The number of hydrogen-bond acceptors (Lipinski definition) is 4. The Morgan fingerprint density at radius 1 is 1.47 bits per heavy atom. The highest BCUT2D eigenvalue weighted by Crippen LogP contribution is 2.57. The number of hydrogen-bond donors (Lipinski definition) is 0. The van der Waals surface area contributed by atoms with Gasteiger partial charge in [0.15, 0.2) is 11.0 Å². The number of rotatable bonds is 0. The summed E-state index contributed by atoms with van der Waals surface area (Å²) < 4.78 is 11.3. The lowest BCUT2D eigenvalue weighted by molar-refractivity contribution is -0.207. The van der Waals surface area contributed by atoms with Gasteiger partial charge in [0.1, 0.15) is 6.10 Å². The Bertz CT molecular complexity index is 341. The fourth-order valence-electron chi connectivity index (χ4n) is 2.66. The monoisotopic (exact) mass is 226 g/mol. The zero-order chi connectivity index (χ0) is 10.6. The molecule has 2 heterocycles. The molecular formula is C11H14O3S. The van der Waals surface area contributed by atoms with Gasteiger partial charge in [-0.1, -0.05) is 12.2 Å². The van der Waals surface area contributed by atoms with Crippen molar-refractivity contribution in [2.24, 2.45) is 5.92 Å². The van der Waals surface area contributed by atoms with Gasteiger partial charge >= 0.3 is 5.97 Å². The zero-order valence-corrected chi connectivity index (χ0v) is 9.62. The van der Waals surface area contributed by atoms with Gasteiger partial charge in [-0.25, -0.2) is 4.79 Å². The molecule has 5 atom stereocenters. The highest BCUT2D eigenvalue weighted by molar-refractivity contribution is 8.01. The van der Waals surface area contributed by atoms with Crippen LogP contribution in [0.25, 0.3) is 0 Å². The molecule has 4 heteroatoms. The molecule has 3 aliphatic rings. The summed E-state index contributed by atoms with van der Waals surface area (Å²) in [7, 11) is 0. The molecule has 82 valence electrons. The Morgan fingerprint density at radius 2 is 2.27 bits per heavy atom. The highest BCUT2D eigenvalue weighted by atomic mass is 32.2. The summed E-state index contributed by atoms with van der Waals surface area (Å²) in [4.78, 5) is 11.1. The quantitative estimate of drug-likeness (QED) is 0.465. The maximum atomic E-state index is 11.4. The molecule has 0 N–H and O–H groups in total. The first kappa shape index (κ1) is 9.73. The molecule has 0 aromatic carbocycles. The number of carbonyl (C=O) groups is 1. The molecular weight excluding hydrogens is 212 g/mol. The van der Waals surface area contributed by atoms with Crippen LogP contribution in [0.4, 0.5) is 0 Å². The lowest BCUT2D eigenvalue weighted by Gasteiger charge is -2.44. The number of fused-ring (bicyclic) bond motifs is 3. The van der Waals surface area contributed by atoms with Gasteiger partial charge in [0.25, 0.3) is 0 Å². The van der Waals surface area contributed by atoms with Crippen LogP contribution < -0.4 is 0 Å². The second-order valence-electron chi connectivity index (χ2n) is 4.44. The Balaban J connectivity index is 1.92. The Kier molecular flexibility index (Phi) is 1.95. The average Bonchev–Trinajstić information content (AvgIpc) is 2.75. The van der Waals surface area contributed by atoms with E-state index in [4.69, 9.17) is 9.47 Å². The van der Waals surface area contributed by atoms with Crippen LogP contribution in [-0.2, 0) is 14.3 Å². The van der Waals surface area contributed by atoms with Crippen molar-refractivity contribution >= 4 is 17.7 Å². The normalized spacial score (nSPS) is 52.5. The third-order valence-corrected chi connectivity index (χ3v) is 5.20. The minimum atomic E-state index is -0.429. The van der Waals surface area contributed by atoms with Crippen molar-refractivity contribution in [3.05, 3.63) is 12.2 Å². The number of thioether (sulfide) groups is 1. The van der Waals surface area contributed by atoms with Crippen LogP contribution in [0.15, 0.2) is 12.2 Å². The summed E-state index contributed by atoms with van der Waals surface area (Å²) in [5.74, 6) is 0.165. The third kappa shape index (κ3) is 1.21. The lowest BCUT2D eigenvalue weighted by Crippen LogP contribution is -2.54. The fourth-order valence-corrected chi connectivity index (χ4v) is 4.40. The lowest BCUT2D eigenvalue weighted by atomic mass is 9.96. The first-order valence-electron chi connectivity index (χ1n) is 5.36. The predicted octanol–water partition coefficient (Wildman–Crippen LogP) is 1.72. The van der Waals surface area contributed by atoms with E-state index in [9.17, 15) is 4.79 Å². The van der Waals surface area contributed by atoms with Crippen LogP contribution >= 0.6 is 11.8 Å². The van der Waals surface area contributed by atoms with E-state index in [2.05, 4.69) is 12.2 Å². The topological polar surface area (TPSA) is 35.5 Å². The third-order valence-electron chi connectivity index (χ3n) is 3.45. The molecule has 3 rings (SSSR count). The number of cyclic esters (lactones) is 1. The molecule has 2 fully saturated rings. The largest absolute Gasteiger partial charge is 0.457 e. The van der Waals surface area contributed by atoms with Crippen molar-refractivity contribution < 1.29 is 14.3 Å². The first-order valence-corrected chi connectivity index (χ1v) is 6.24. The summed E-state index contributed by atoms with van der Waals surface area (Å²) in [6.07, 6.45) is 4.99. The first-order chi connectivity index (χ1) is 7.12. The number of esters is 1. The molecule has 1 aliphatic carbocycles. The zero-order valence-electron chi connectivity index (χ0n) is 8.80. The summed E-state index contributed by atoms with van der Waals surface area (Å²) in [5.41, 5.74) is 0. The Hall–Kier alpha value is -0.480. The van der Waals surface area contributed by atoms with Crippen LogP contribution in [0.2, 0.25) is 0 Å². The van der Waals surface area contributed by atoms with Crippen LogP contribution in [0, 0.1) is 5.92 Å². The van der Waals surface area contributed by atoms with Gasteiger partial charge in [-0.15, -0.1) is 11.8 Å². The molecule has 1 spiro atoms. The van der Waals surface area contributed by atoms with Gasteiger partial charge < -0.3 is 9.47 Å². The molecule has 0 aromatic heterocycles. The summed E-state index contributed by atoms with van der Waals surface area (Å²) in [6, 6.07) is 0. The second-order valence-corrected chi connectivity index (χ2v) is 5.92. The molecule has 0 unspecified atom stereocenters. The standard InChI is InChI=1S/C11H14O3S/c1-6-10(12)13-7(2)11(14-6)8-3-4-9(5-8)15-11/h3-4,6-9H,5H2,1-2H3/t6-,7-,8+,9-,11+/m0/s1. The molecule has 2 bridgehead atoms. The molecule has 0 amide bonds. The van der Waals surface area contributed by atoms with Gasteiger partial charge in [0.05, 0.1) is 0 Å². The Morgan fingerprint density at radius 3 is 2.87 bits per heavy atom. The van der Waals surface area contributed by atoms with Crippen LogP contribution in [0.3, 0.4) is 0 Å². The summed E-state index contributed by atoms with van der Waals surface area (Å²) >= 11 is 1.81. The molecule has 2 aliphatic heterocycles. The highest BCUT2D eigenvalue weighted by Gasteiger charge is 2.58. The van der Waals surface area contributed by atoms with Crippen molar-refractivity contribution in [2.75, 3.05) is 0 Å². The van der Waals surface area contributed by atoms with Crippen molar-refractivity contribution in [1.82, 2.24) is 0 Å². The summed E-state index contributed by atoms with van der Waals surface area (Å²) in [5, 5.41) is 0.543. The van der Waals surface area contributed by atoms with Gasteiger partial charge in [0, 0.05) is 11.2 Å². The number of ether oxygens (including phenoxy) is 2. The van der Waals surface area contributed by atoms with E-state index in [0.717, 1.165) is 6.42 Å². The van der Waals surface area contributed by atoms with Crippen LogP contribution in [-0.4, -0.2) is 28.4 Å². The summed E-state index contributed by atoms with van der Waals surface area (Å²) in [6.45, 7) is 3.71. The maximum absolute atomic E-state index is 11.4. The molecule has 0 aromatic rings. The molecule has 0 radical (unpaired) electrons. The van der Waals surface area contributed by atoms with Crippen LogP contribution in [0.1, 0.15) is 20.3 Å². The van der Waals surface area contributed by atoms with Gasteiger partial charge in [-0.2, -0.15) is 0 Å². The van der Waals surface area contributed by atoms with Gasteiger partial charge in [-0.05, 0) is 20.3 Å². The van der Waals surface area contributed by atoms with Gasteiger partial charge in [0.2, 0.25) is 0 Å². The average molecular weight is 226 g/mol. The maximum Gasteiger partial charge on any atom is 0.335 e. The van der Waals surface area contributed by atoms with E-state index in [0.29, 0.717) is 11.2 Å². The van der Waals surface area contributed by atoms with Gasteiger partial charge in [-0.3, -0.25) is 0 Å². The van der Waals surface area contributed by atoms with Crippen molar-refractivity contribution in [3.63, 3.8) is 0 Å². The van der Waals surface area contributed by atoms with E-state index in [1.54, 1.807) is 6.92 Å². The van der Waals surface area contributed by atoms with E-state index in [-0.39, 0.29) is 17.0 Å². The van der Waals surface area contributed by atoms with E-state index in [1.807, 2.05) is 18.7 Å². The smallest absolute Gasteiger partial charge is 0.335 e. The Labute approximate surface area is 93.2 Å². The predicted molar refractivity (Wildman–Crippen MR) is 57.5 cm³/mol. The SMILES string of the molecule is C[C@@H]1O[C@@]2(S[C@H]3C=C[C@@H]2C3)[C@H](C)OC1=O. The van der Waals surface area contributed by atoms with Crippen molar-refractivity contribution in [2.45, 2.75) is 42.7 Å². The van der Waals surface area contributed by atoms with Crippen molar-refractivity contribution in [3.8, 4) is 0 Å². The fraction of sp³-hybridized carbons (Fsp3) is 0.727. The molecule has 0 saturated carbocycles. The molecule has 15 heavy (non-hydrogen) atoms. The second kappa shape index (κ2) is 3.01. The number of carbonyl (C=O) groups excluding carboxylic acids is 1. The van der Waals surface area contributed by atoms with E-state index in [1.165, 1.54) is 0 Å². The van der Waals surface area contributed by atoms with Crippen molar-refractivity contribution in [1.29, 1.82) is 0 Å². The molecule has 2 saturated heterocycles. The van der Waals surface area contributed by atoms with Crippen LogP contribution in [0.5, 0.6) is 0 Å². The minimum Gasteiger partial charge on any atom is -0.457 e. The van der Waals surface area contributed by atoms with E-state index < -0.39 is 6.10 Å².